The number of fused-ring (bicyclic) bond motifs is 3. The molecule has 2 aromatic heterocycles. The van der Waals surface area contributed by atoms with Crippen LogP contribution >= 0.6 is 0 Å². The van der Waals surface area contributed by atoms with Crippen LogP contribution in [0, 0.1) is 13.8 Å². The molecule has 2 N–H and O–H groups in total. The van der Waals surface area contributed by atoms with Crippen molar-refractivity contribution in [3.05, 3.63) is 46.5 Å². The molecule has 136 valence electrons. The molecule has 1 aromatic carbocycles. The van der Waals surface area contributed by atoms with Gasteiger partial charge in [0.25, 0.3) is 0 Å². The topological polar surface area (TPSA) is 117 Å². The summed E-state index contributed by atoms with van der Waals surface area (Å²) in [6.45, 7) is 3.68. The number of nitrogens with one attached hydrogen (secondary N) is 1. The van der Waals surface area contributed by atoms with Gasteiger partial charge in [0.15, 0.2) is 5.76 Å². The zero-order valence-corrected chi connectivity index (χ0v) is 15.1. The van der Waals surface area contributed by atoms with E-state index in [1.807, 2.05) is 0 Å². The number of aromatic nitrogens is 2. The SMILES string of the molecule is Cc1noc(C)c1S(=O)(=O)N1CCc2[nH]c3ccc(C(=O)O)cc3c2C1. The number of aryl methyl sites for hydroxylation is 2. The smallest absolute Gasteiger partial charge is 0.335 e. The van der Waals surface area contributed by atoms with Crippen LogP contribution in [0.1, 0.15) is 33.1 Å². The largest absolute Gasteiger partial charge is 0.478 e. The number of hydrogen-bond acceptors (Lipinski definition) is 5. The van der Waals surface area contributed by atoms with E-state index in [9.17, 15) is 18.3 Å². The molecule has 0 atom stereocenters. The number of carboxylic acid groups (broad SMARTS) is 1. The Morgan fingerprint density at radius 1 is 1.35 bits per heavy atom. The van der Waals surface area contributed by atoms with E-state index in [-0.39, 0.29) is 22.8 Å². The highest BCUT2D eigenvalue weighted by Crippen LogP contribution is 2.32. The normalized spacial score (nSPS) is 15.3. The average Bonchev–Trinajstić information content (AvgIpc) is 3.13. The molecule has 4 rings (SSSR count). The van der Waals surface area contributed by atoms with Crippen LogP contribution < -0.4 is 0 Å². The minimum atomic E-state index is -3.75. The molecule has 8 nitrogen and oxygen atoms in total. The molecule has 0 fully saturated rings. The van der Waals surface area contributed by atoms with Crippen LogP contribution in [-0.4, -0.2) is 40.5 Å². The van der Waals surface area contributed by atoms with Gasteiger partial charge in [-0.3, -0.25) is 0 Å². The number of nitrogens with zero attached hydrogens (tertiary/aromatic N) is 2. The van der Waals surface area contributed by atoms with E-state index in [0.717, 1.165) is 22.2 Å². The lowest BCUT2D eigenvalue weighted by Crippen LogP contribution is -2.36. The maximum atomic E-state index is 13.1. The van der Waals surface area contributed by atoms with E-state index in [1.54, 1.807) is 26.0 Å². The van der Waals surface area contributed by atoms with Crippen molar-refractivity contribution in [1.82, 2.24) is 14.4 Å². The number of carboxylic acids is 1. The molecule has 0 amide bonds. The Morgan fingerprint density at radius 3 is 2.77 bits per heavy atom. The molecule has 26 heavy (non-hydrogen) atoms. The number of sulfonamides is 1. The zero-order chi connectivity index (χ0) is 18.6. The predicted octanol–water partition coefficient (Wildman–Crippen LogP) is 2.22. The zero-order valence-electron chi connectivity index (χ0n) is 14.2. The first kappa shape index (κ1) is 16.8. The van der Waals surface area contributed by atoms with Gasteiger partial charge in [0.2, 0.25) is 10.0 Å². The highest BCUT2D eigenvalue weighted by atomic mass is 32.2. The summed E-state index contributed by atoms with van der Waals surface area (Å²) >= 11 is 0. The quantitative estimate of drug-likeness (QED) is 0.725. The third kappa shape index (κ3) is 2.43. The second-order valence-corrected chi connectivity index (χ2v) is 8.26. The van der Waals surface area contributed by atoms with Crippen LogP contribution in [0.4, 0.5) is 0 Å². The van der Waals surface area contributed by atoms with Gasteiger partial charge in [0.1, 0.15) is 10.6 Å². The van der Waals surface area contributed by atoms with Crippen LogP contribution in [0.2, 0.25) is 0 Å². The summed E-state index contributed by atoms with van der Waals surface area (Å²) in [4.78, 5) is 14.6. The van der Waals surface area contributed by atoms with Crippen LogP contribution in [0.5, 0.6) is 0 Å². The molecule has 9 heteroatoms. The Bertz CT molecular complexity index is 1120. The third-order valence-corrected chi connectivity index (χ3v) is 6.84. The molecule has 0 unspecified atom stereocenters. The first-order valence-corrected chi connectivity index (χ1v) is 9.53. The van der Waals surface area contributed by atoms with Gasteiger partial charge in [-0.2, -0.15) is 4.31 Å². The molecular weight excluding hydrogens is 358 g/mol. The first-order chi connectivity index (χ1) is 12.3. The van der Waals surface area contributed by atoms with E-state index in [4.69, 9.17) is 4.52 Å². The molecular formula is C17H17N3O5S. The number of carbonyl (C=O) groups is 1. The highest BCUT2D eigenvalue weighted by Gasteiger charge is 2.34. The lowest BCUT2D eigenvalue weighted by molar-refractivity contribution is 0.0697. The van der Waals surface area contributed by atoms with Crippen molar-refractivity contribution < 1.29 is 22.8 Å². The molecule has 0 spiro atoms. The van der Waals surface area contributed by atoms with Gasteiger partial charge in [0.05, 0.1) is 5.56 Å². The minimum Gasteiger partial charge on any atom is -0.478 e. The Morgan fingerprint density at radius 2 is 2.12 bits per heavy atom. The molecule has 0 saturated carbocycles. The summed E-state index contributed by atoms with van der Waals surface area (Å²) < 4.78 is 32.5. The Hall–Kier alpha value is -2.65. The second-order valence-electron chi connectivity index (χ2n) is 6.39. The molecule has 0 aliphatic carbocycles. The van der Waals surface area contributed by atoms with Crippen molar-refractivity contribution in [3.8, 4) is 0 Å². The molecule has 3 heterocycles. The van der Waals surface area contributed by atoms with E-state index >= 15 is 0 Å². The highest BCUT2D eigenvalue weighted by molar-refractivity contribution is 7.89. The minimum absolute atomic E-state index is 0.104. The number of benzene rings is 1. The fourth-order valence-corrected chi connectivity index (χ4v) is 5.20. The number of aromatic amines is 1. The van der Waals surface area contributed by atoms with E-state index < -0.39 is 16.0 Å². The van der Waals surface area contributed by atoms with Crippen molar-refractivity contribution in [2.45, 2.75) is 31.7 Å². The van der Waals surface area contributed by atoms with Gasteiger partial charge in [-0.15, -0.1) is 0 Å². The monoisotopic (exact) mass is 375 g/mol. The summed E-state index contributed by atoms with van der Waals surface area (Å²) in [6, 6.07) is 4.83. The maximum absolute atomic E-state index is 13.1. The summed E-state index contributed by atoms with van der Waals surface area (Å²) in [6.07, 6.45) is 0.523. The van der Waals surface area contributed by atoms with Crippen LogP contribution in [0.3, 0.4) is 0 Å². The Balaban J connectivity index is 1.79. The summed E-state index contributed by atoms with van der Waals surface area (Å²) in [7, 11) is -3.75. The third-order valence-electron chi connectivity index (χ3n) is 4.75. The van der Waals surface area contributed by atoms with Gasteiger partial charge in [-0.1, -0.05) is 5.16 Å². The van der Waals surface area contributed by atoms with Crippen LogP contribution in [0.15, 0.2) is 27.6 Å². The van der Waals surface area contributed by atoms with Crippen molar-refractivity contribution in [3.63, 3.8) is 0 Å². The Labute approximate surface area is 149 Å². The molecule has 0 radical (unpaired) electrons. The van der Waals surface area contributed by atoms with Gasteiger partial charge in [-0.05, 0) is 37.6 Å². The van der Waals surface area contributed by atoms with E-state index in [1.165, 1.54) is 10.4 Å². The van der Waals surface area contributed by atoms with Crippen molar-refractivity contribution >= 4 is 26.9 Å². The average molecular weight is 375 g/mol. The van der Waals surface area contributed by atoms with Crippen LogP contribution in [0.25, 0.3) is 10.9 Å². The number of hydrogen-bond donors (Lipinski definition) is 2. The predicted molar refractivity (Wildman–Crippen MR) is 92.5 cm³/mol. The number of H-pyrrole nitrogens is 1. The second kappa shape index (κ2) is 5.68. The van der Waals surface area contributed by atoms with Crippen LogP contribution in [-0.2, 0) is 23.0 Å². The first-order valence-electron chi connectivity index (χ1n) is 8.09. The van der Waals surface area contributed by atoms with Gasteiger partial charge in [0, 0.05) is 36.1 Å². The fraction of sp³-hybridized carbons (Fsp3) is 0.294. The van der Waals surface area contributed by atoms with Gasteiger partial charge in [-0.25, -0.2) is 13.2 Å². The summed E-state index contributed by atoms with van der Waals surface area (Å²) in [5.74, 6) is -0.752. The lowest BCUT2D eigenvalue weighted by atomic mass is 10.0. The fourth-order valence-electron chi connectivity index (χ4n) is 3.50. The number of aromatic carboxylic acids is 1. The van der Waals surface area contributed by atoms with E-state index in [0.29, 0.717) is 18.7 Å². The van der Waals surface area contributed by atoms with E-state index in [2.05, 4.69) is 10.1 Å². The number of rotatable bonds is 3. The Kier molecular flexibility index (Phi) is 3.67. The van der Waals surface area contributed by atoms with Gasteiger partial charge >= 0.3 is 5.97 Å². The van der Waals surface area contributed by atoms with Crippen molar-refractivity contribution in [2.24, 2.45) is 0 Å². The van der Waals surface area contributed by atoms with Gasteiger partial charge < -0.3 is 14.6 Å². The molecule has 1 aliphatic rings. The summed E-state index contributed by atoms with van der Waals surface area (Å²) in [5.41, 5.74) is 3.06. The molecule has 3 aromatic rings. The maximum Gasteiger partial charge on any atom is 0.335 e. The standard InChI is InChI=1S/C17H17N3O5S/c1-9-16(10(2)25-19-9)26(23,24)20-6-5-15-13(8-20)12-7-11(17(21)22)3-4-14(12)18-15/h3-4,7,18H,5-6,8H2,1-2H3,(H,21,22). The molecule has 1 aliphatic heterocycles. The van der Waals surface area contributed by atoms with Crippen molar-refractivity contribution in [1.29, 1.82) is 0 Å². The van der Waals surface area contributed by atoms with Crippen molar-refractivity contribution in [2.75, 3.05) is 6.54 Å². The summed E-state index contributed by atoms with van der Waals surface area (Å²) in [5, 5.41) is 13.7. The lowest BCUT2D eigenvalue weighted by Gasteiger charge is -2.26. The molecule has 0 saturated heterocycles. The molecule has 0 bridgehead atoms.